The van der Waals surface area contributed by atoms with E-state index >= 15 is 0 Å². The van der Waals surface area contributed by atoms with Crippen LogP contribution in [0, 0.1) is 11.8 Å². The predicted molar refractivity (Wildman–Crippen MR) is 70.9 cm³/mol. The first-order chi connectivity index (χ1) is 8.09. The van der Waals surface area contributed by atoms with Crippen molar-refractivity contribution in [2.45, 2.75) is 77.7 Å². The molecule has 1 rings (SSSR count). The first-order valence-electron chi connectivity index (χ1n) is 7.27. The maximum Gasteiger partial charge on any atom is 0.129 e. The van der Waals surface area contributed by atoms with Crippen LogP contribution in [-0.2, 0) is 4.79 Å². The normalized spacial score (nSPS) is 21.1. The molecule has 1 saturated carbocycles. The second-order valence-corrected chi connectivity index (χ2v) is 5.90. The minimum Gasteiger partial charge on any atom is -0.393 e. The first kappa shape index (κ1) is 14.7. The average Bonchev–Trinajstić information content (AvgIpc) is 2.29. The molecule has 2 heteroatoms. The molecule has 2 atom stereocenters. The zero-order valence-corrected chi connectivity index (χ0v) is 11.5. The van der Waals surface area contributed by atoms with E-state index in [0.29, 0.717) is 18.3 Å². The lowest BCUT2D eigenvalue weighted by molar-refractivity contribution is -0.117. The Bertz CT molecular complexity index is 219. The summed E-state index contributed by atoms with van der Waals surface area (Å²) < 4.78 is 0. The average molecular weight is 240 g/mol. The van der Waals surface area contributed by atoms with Crippen molar-refractivity contribution in [3.63, 3.8) is 0 Å². The highest BCUT2D eigenvalue weighted by Crippen LogP contribution is 2.29. The lowest BCUT2D eigenvalue weighted by Gasteiger charge is -2.28. The Morgan fingerprint density at radius 1 is 1.29 bits per heavy atom. The third-order valence-corrected chi connectivity index (χ3v) is 4.06. The molecule has 0 aromatic carbocycles. The fraction of sp³-hybridized carbons (Fsp3) is 0.933. The molecule has 0 saturated heterocycles. The van der Waals surface area contributed by atoms with Gasteiger partial charge in [0.1, 0.15) is 5.78 Å². The Balaban J connectivity index is 2.15. The lowest BCUT2D eigenvalue weighted by Crippen LogP contribution is -2.24. The zero-order chi connectivity index (χ0) is 12.7. The maximum atomic E-state index is 10.8. The summed E-state index contributed by atoms with van der Waals surface area (Å²) in [6, 6.07) is 0. The summed E-state index contributed by atoms with van der Waals surface area (Å²) in [5.41, 5.74) is 0. The van der Waals surface area contributed by atoms with E-state index in [1.54, 1.807) is 6.92 Å². The minimum absolute atomic E-state index is 0.109. The van der Waals surface area contributed by atoms with Crippen LogP contribution in [0.25, 0.3) is 0 Å². The molecule has 0 aliphatic heterocycles. The second-order valence-electron chi connectivity index (χ2n) is 5.90. The summed E-state index contributed by atoms with van der Waals surface area (Å²) in [5.74, 6) is 1.37. The molecule has 0 aromatic rings. The summed E-state index contributed by atoms with van der Waals surface area (Å²) in [7, 11) is 0. The van der Waals surface area contributed by atoms with Crippen molar-refractivity contribution in [1.82, 2.24) is 0 Å². The van der Waals surface area contributed by atoms with E-state index in [1.165, 1.54) is 32.1 Å². The van der Waals surface area contributed by atoms with E-state index in [9.17, 15) is 9.90 Å². The van der Waals surface area contributed by atoms with Gasteiger partial charge in [-0.3, -0.25) is 0 Å². The molecule has 0 unspecified atom stereocenters. The van der Waals surface area contributed by atoms with Gasteiger partial charge in [-0.2, -0.15) is 0 Å². The number of carbonyl (C=O) groups excluding carboxylic acids is 1. The summed E-state index contributed by atoms with van der Waals surface area (Å²) in [6.45, 7) is 3.85. The van der Waals surface area contributed by atoms with E-state index in [-0.39, 0.29) is 11.9 Å². The van der Waals surface area contributed by atoms with Gasteiger partial charge in [0, 0.05) is 6.42 Å². The number of aliphatic hydroxyl groups is 1. The molecule has 1 N–H and O–H groups in total. The second kappa shape index (κ2) is 7.86. The molecule has 100 valence electrons. The van der Waals surface area contributed by atoms with Gasteiger partial charge >= 0.3 is 0 Å². The molecule has 2 nitrogen and oxygen atoms in total. The first-order valence-corrected chi connectivity index (χ1v) is 7.27. The highest BCUT2D eigenvalue weighted by molar-refractivity contribution is 5.75. The van der Waals surface area contributed by atoms with Gasteiger partial charge in [-0.05, 0) is 44.4 Å². The van der Waals surface area contributed by atoms with Crippen LogP contribution in [0.1, 0.15) is 71.6 Å². The van der Waals surface area contributed by atoms with Gasteiger partial charge in [0.2, 0.25) is 0 Å². The van der Waals surface area contributed by atoms with Crippen LogP contribution >= 0.6 is 0 Å². The summed E-state index contributed by atoms with van der Waals surface area (Å²) in [5, 5.41) is 10.2. The molecular weight excluding hydrogens is 212 g/mol. The number of hydrogen-bond acceptors (Lipinski definition) is 2. The molecule has 1 aliphatic carbocycles. The molecule has 0 amide bonds. The van der Waals surface area contributed by atoms with Crippen LogP contribution in [0.15, 0.2) is 0 Å². The van der Waals surface area contributed by atoms with Crippen molar-refractivity contribution in [3.05, 3.63) is 0 Å². The fourth-order valence-electron chi connectivity index (χ4n) is 2.94. The predicted octanol–water partition coefficient (Wildman–Crippen LogP) is 3.71. The van der Waals surface area contributed by atoms with Crippen molar-refractivity contribution < 1.29 is 9.90 Å². The Morgan fingerprint density at radius 2 is 1.94 bits per heavy atom. The van der Waals surface area contributed by atoms with E-state index in [0.717, 1.165) is 19.3 Å². The van der Waals surface area contributed by atoms with Crippen LogP contribution < -0.4 is 0 Å². The van der Waals surface area contributed by atoms with Gasteiger partial charge in [-0.15, -0.1) is 0 Å². The summed E-state index contributed by atoms with van der Waals surface area (Å²) in [4.78, 5) is 10.8. The Labute approximate surface area is 106 Å². The SMILES string of the molecule is CC(=O)CCC[C@@H](C)C[C@H](O)C1CCCCC1. The summed E-state index contributed by atoms with van der Waals surface area (Å²) >= 11 is 0. The third-order valence-electron chi connectivity index (χ3n) is 4.06. The van der Waals surface area contributed by atoms with Crippen molar-refractivity contribution in [3.8, 4) is 0 Å². The summed E-state index contributed by atoms with van der Waals surface area (Å²) in [6.07, 6.45) is 9.91. The highest BCUT2D eigenvalue weighted by atomic mass is 16.3. The molecule has 0 heterocycles. The van der Waals surface area contributed by atoms with E-state index in [1.807, 2.05) is 0 Å². The van der Waals surface area contributed by atoms with Crippen molar-refractivity contribution >= 4 is 5.78 Å². The molecule has 0 spiro atoms. The van der Waals surface area contributed by atoms with E-state index in [2.05, 4.69) is 6.92 Å². The van der Waals surface area contributed by atoms with Crippen molar-refractivity contribution in [2.24, 2.45) is 11.8 Å². The molecule has 1 aliphatic rings. The van der Waals surface area contributed by atoms with Gasteiger partial charge in [-0.25, -0.2) is 0 Å². The highest BCUT2D eigenvalue weighted by Gasteiger charge is 2.22. The smallest absolute Gasteiger partial charge is 0.129 e. The van der Waals surface area contributed by atoms with Crippen LogP contribution in [-0.4, -0.2) is 17.0 Å². The monoisotopic (exact) mass is 240 g/mol. The molecular formula is C15H28O2. The number of carbonyl (C=O) groups is 1. The molecule has 1 fully saturated rings. The van der Waals surface area contributed by atoms with Gasteiger partial charge in [-0.1, -0.05) is 32.6 Å². The van der Waals surface area contributed by atoms with Crippen LogP contribution in [0.4, 0.5) is 0 Å². The zero-order valence-electron chi connectivity index (χ0n) is 11.5. The topological polar surface area (TPSA) is 37.3 Å². The minimum atomic E-state index is -0.109. The number of rotatable bonds is 7. The Hall–Kier alpha value is -0.370. The standard InChI is InChI=1S/C15H28O2/c1-12(7-6-8-13(2)16)11-15(17)14-9-4-3-5-10-14/h12,14-15,17H,3-11H2,1-2H3/t12-,15+/m1/s1. The Morgan fingerprint density at radius 3 is 2.53 bits per heavy atom. The lowest BCUT2D eigenvalue weighted by atomic mass is 9.81. The molecule has 0 aromatic heterocycles. The third kappa shape index (κ3) is 6.21. The van der Waals surface area contributed by atoms with Crippen LogP contribution in [0.3, 0.4) is 0 Å². The van der Waals surface area contributed by atoms with Crippen molar-refractivity contribution in [2.75, 3.05) is 0 Å². The quantitative estimate of drug-likeness (QED) is 0.736. The Kier molecular flexibility index (Phi) is 6.79. The van der Waals surface area contributed by atoms with Crippen molar-refractivity contribution in [1.29, 1.82) is 0 Å². The molecule has 0 bridgehead atoms. The van der Waals surface area contributed by atoms with Crippen LogP contribution in [0.2, 0.25) is 0 Å². The van der Waals surface area contributed by atoms with Crippen LogP contribution in [0.5, 0.6) is 0 Å². The van der Waals surface area contributed by atoms with Gasteiger partial charge in [0.15, 0.2) is 0 Å². The van der Waals surface area contributed by atoms with E-state index < -0.39 is 0 Å². The maximum absolute atomic E-state index is 10.8. The van der Waals surface area contributed by atoms with Gasteiger partial charge < -0.3 is 9.90 Å². The molecule has 17 heavy (non-hydrogen) atoms. The largest absolute Gasteiger partial charge is 0.393 e. The van der Waals surface area contributed by atoms with Gasteiger partial charge in [0.05, 0.1) is 6.10 Å². The van der Waals surface area contributed by atoms with Gasteiger partial charge in [0.25, 0.3) is 0 Å². The fourth-order valence-corrected chi connectivity index (χ4v) is 2.94. The number of Topliss-reactive ketones (excluding diaryl/α,β-unsaturated/α-hetero) is 1. The molecule has 0 radical (unpaired) electrons. The number of hydrogen-bond donors (Lipinski definition) is 1. The number of aliphatic hydroxyl groups excluding tert-OH is 1. The number of ketones is 1. The van der Waals surface area contributed by atoms with E-state index in [4.69, 9.17) is 0 Å².